The van der Waals surface area contributed by atoms with E-state index in [0.717, 1.165) is 0 Å². The third kappa shape index (κ3) is 2.03. The highest BCUT2D eigenvalue weighted by Gasteiger charge is 2.38. The van der Waals surface area contributed by atoms with E-state index in [9.17, 15) is 30.0 Å². The largest absolute Gasteiger partial charge is 0.507 e. The summed E-state index contributed by atoms with van der Waals surface area (Å²) in [6.45, 7) is 5.79. The van der Waals surface area contributed by atoms with Crippen molar-refractivity contribution in [1.29, 1.82) is 0 Å². The second-order valence-electron chi connectivity index (χ2n) is 7.56. The fourth-order valence-electron chi connectivity index (χ4n) is 4.44. The molecule has 1 atom stereocenters. The first-order valence-electron chi connectivity index (χ1n) is 9.24. The van der Waals surface area contributed by atoms with Crippen molar-refractivity contribution in [2.24, 2.45) is 0 Å². The van der Waals surface area contributed by atoms with Crippen LogP contribution in [-0.2, 0) is 4.74 Å². The Morgan fingerprint density at radius 1 is 0.933 bits per heavy atom. The Labute approximate surface area is 170 Å². The molecule has 3 aromatic rings. The number of hydrogen-bond acceptors (Lipinski definition) is 7. The fourth-order valence-corrected chi connectivity index (χ4v) is 4.44. The molecule has 0 spiro atoms. The van der Waals surface area contributed by atoms with Gasteiger partial charge in [0.1, 0.15) is 23.0 Å². The summed E-state index contributed by atoms with van der Waals surface area (Å²) >= 11 is 0. The van der Waals surface area contributed by atoms with Gasteiger partial charge in [-0.05, 0) is 23.3 Å². The molecule has 0 fully saturated rings. The van der Waals surface area contributed by atoms with E-state index in [-0.39, 0.29) is 68.2 Å². The maximum absolute atomic E-state index is 13.2. The Bertz CT molecular complexity index is 1350. The third-order valence-corrected chi connectivity index (χ3v) is 5.85. The maximum atomic E-state index is 13.2. The predicted molar refractivity (Wildman–Crippen MR) is 107 cm³/mol. The van der Waals surface area contributed by atoms with Gasteiger partial charge in [-0.15, -0.1) is 0 Å². The van der Waals surface area contributed by atoms with Crippen molar-refractivity contribution in [3.05, 3.63) is 64.2 Å². The molecule has 0 saturated heterocycles. The number of rotatable bonds is 0. The van der Waals surface area contributed by atoms with E-state index in [1.165, 1.54) is 24.3 Å². The minimum atomic E-state index is -0.720. The molecule has 1 aliphatic carbocycles. The smallest absolute Gasteiger partial charge is 0.339 e. The summed E-state index contributed by atoms with van der Waals surface area (Å²) in [7, 11) is 0. The molecule has 0 amide bonds. The minimum Gasteiger partial charge on any atom is -0.507 e. The van der Waals surface area contributed by atoms with Crippen molar-refractivity contribution in [3.63, 3.8) is 0 Å². The monoisotopic (exact) mass is 404 g/mol. The van der Waals surface area contributed by atoms with Gasteiger partial charge in [0, 0.05) is 28.0 Å². The molecule has 150 valence electrons. The molecular weight excluding hydrogens is 388 g/mol. The molecule has 0 bridgehead atoms. The topological polar surface area (TPSA) is 124 Å². The van der Waals surface area contributed by atoms with Gasteiger partial charge in [0.2, 0.25) is 0 Å². The molecule has 1 aliphatic heterocycles. The lowest BCUT2D eigenvalue weighted by atomic mass is 9.77. The number of ether oxygens (including phenoxy) is 1. The standard InChI is InChI=1S/C23H16O7/c1-8-7-30-23(29)16-11(8)6-13(25)17-18(16)22(28)19-15(21(17)27)9(2)14-10(20(19)26)4-3-5-12(14)24/h3-6,8,24-25,27-28H,2,7H2,1H3. The van der Waals surface area contributed by atoms with Gasteiger partial charge in [-0.3, -0.25) is 4.79 Å². The van der Waals surface area contributed by atoms with Gasteiger partial charge in [0.25, 0.3) is 0 Å². The van der Waals surface area contributed by atoms with Crippen molar-refractivity contribution < 1.29 is 34.8 Å². The van der Waals surface area contributed by atoms with E-state index >= 15 is 0 Å². The number of fused-ring (bicyclic) bond motifs is 5. The molecule has 4 N–H and O–H groups in total. The van der Waals surface area contributed by atoms with Crippen LogP contribution in [0.1, 0.15) is 55.8 Å². The average Bonchev–Trinajstić information content (AvgIpc) is 2.70. The van der Waals surface area contributed by atoms with Gasteiger partial charge in [0.05, 0.1) is 23.1 Å². The van der Waals surface area contributed by atoms with Crippen LogP contribution < -0.4 is 0 Å². The van der Waals surface area contributed by atoms with Crippen LogP contribution >= 0.6 is 0 Å². The second-order valence-corrected chi connectivity index (χ2v) is 7.56. The van der Waals surface area contributed by atoms with Crippen molar-refractivity contribution in [3.8, 4) is 23.0 Å². The number of phenols is 4. The van der Waals surface area contributed by atoms with Gasteiger partial charge in [0.15, 0.2) is 5.78 Å². The number of ketones is 1. The summed E-state index contributed by atoms with van der Waals surface area (Å²) < 4.78 is 5.17. The number of phenolic OH excluding ortho intramolecular Hbond substituents is 4. The quantitative estimate of drug-likeness (QED) is 0.261. The maximum Gasteiger partial charge on any atom is 0.339 e. The zero-order valence-electron chi connectivity index (χ0n) is 15.8. The first-order valence-corrected chi connectivity index (χ1v) is 9.24. The summed E-state index contributed by atoms with van der Waals surface area (Å²) in [5.74, 6) is -3.26. The van der Waals surface area contributed by atoms with E-state index in [0.29, 0.717) is 5.56 Å². The van der Waals surface area contributed by atoms with E-state index < -0.39 is 23.3 Å². The van der Waals surface area contributed by atoms with Crippen LogP contribution in [-0.4, -0.2) is 38.8 Å². The highest BCUT2D eigenvalue weighted by Crippen LogP contribution is 2.53. The molecule has 5 rings (SSSR count). The SMILES string of the molecule is C=C1c2c(O)cccc2C(=O)c2c1c(O)c1c(O)cc3c(c1c2O)C(=O)OCC3C. The van der Waals surface area contributed by atoms with Crippen molar-refractivity contribution >= 4 is 28.1 Å². The van der Waals surface area contributed by atoms with Crippen LogP contribution in [0.4, 0.5) is 0 Å². The van der Waals surface area contributed by atoms with E-state index in [4.69, 9.17) is 4.74 Å². The summed E-state index contributed by atoms with van der Waals surface area (Å²) in [6, 6.07) is 5.69. The average molecular weight is 404 g/mol. The normalized spacial score (nSPS) is 17.4. The van der Waals surface area contributed by atoms with Crippen LogP contribution in [0.25, 0.3) is 16.3 Å². The molecule has 0 aromatic heterocycles. The highest BCUT2D eigenvalue weighted by atomic mass is 16.5. The number of esters is 1. The summed E-state index contributed by atoms with van der Waals surface area (Å²) in [4.78, 5) is 25.8. The molecule has 2 aliphatic rings. The number of aromatic hydroxyl groups is 4. The molecule has 0 saturated carbocycles. The highest BCUT2D eigenvalue weighted by molar-refractivity contribution is 6.26. The zero-order valence-corrected chi connectivity index (χ0v) is 15.8. The molecule has 7 heteroatoms. The zero-order chi connectivity index (χ0) is 21.5. The Kier molecular flexibility index (Phi) is 3.47. The molecule has 3 aromatic carbocycles. The van der Waals surface area contributed by atoms with Gasteiger partial charge in [-0.2, -0.15) is 0 Å². The molecule has 1 heterocycles. The first-order chi connectivity index (χ1) is 14.2. The van der Waals surface area contributed by atoms with Crippen molar-refractivity contribution in [1.82, 2.24) is 0 Å². The second kappa shape index (κ2) is 5.76. The predicted octanol–water partition coefficient (Wildman–Crippen LogP) is 3.54. The molecule has 1 unspecified atom stereocenters. The number of hydrogen-bond donors (Lipinski definition) is 4. The number of cyclic esters (lactones) is 1. The lowest BCUT2D eigenvalue weighted by Gasteiger charge is -2.28. The van der Waals surface area contributed by atoms with Gasteiger partial charge >= 0.3 is 5.97 Å². The summed E-state index contributed by atoms with van der Waals surface area (Å²) in [6.07, 6.45) is 0. The van der Waals surface area contributed by atoms with E-state index in [2.05, 4.69) is 6.58 Å². The summed E-state index contributed by atoms with van der Waals surface area (Å²) in [5.41, 5.74) is 0.443. The van der Waals surface area contributed by atoms with E-state index in [1.54, 1.807) is 6.92 Å². The van der Waals surface area contributed by atoms with Gasteiger partial charge < -0.3 is 25.2 Å². The van der Waals surface area contributed by atoms with Crippen LogP contribution in [0.3, 0.4) is 0 Å². The molecule has 0 radical (unpaired) electrons. The van der Waals surface area contributed by atoms with Crippen LogP contribution in [0.15, 0.2) is 30.8 Å². The van der Waals surface area contributed by atoms with Gasteiger partial charge in [-0.25, -0.2) is 4.79 Å². The Morgan fingerprint density at radius 2 is 1.63 bits per heavy atom. The lowest BCUT2D eigenvalue weighted by Crippen LogP contribution is -2.22. The number of carbonyl (C=O) groups is 2. The Morgan fingerprint density at radius 3 is 2.37 bits per heavy atom. The minimum absolute atomic E-state index is 0.00253. The van der Waals surface area contributed by atoms with Crippen molar-refractivity contribution in [2.75, 3.05) is 6.61 Å². The van der Waals surface area contributed by atoms with Crippen LogP contribution in [0.5, 0.6) is 23.0 Å². The van der Waals surface area contributed by atoms with Crippen LogP contribution in [0.2, 0.25) is 0 Å². The summed E-state index contributed by atoms with van der Waals surface area (Å²) in [5, 5.41) is 42.7. The van der Waals surface area contributed by atoms with E-state index in [1.807, 2.05) is 0 Å². The fraction of sp³-hybridized carbons (Fsp3) is 0.130. The molecule has 30 heavy (non-hydrogen) atoms. The van der Waals surface area contributed by atoms with Gasteiger partial charge in [-0.1, -0.05) is 25.6 Å². The third-order valence-electron chi connectivity index (χ3n) is 5.85. The molecular formula is C23H16O7. The lowest BCUT2D eigenvalue weighted by molar-refractivity contribution is 0.0451. The Balaban J connectivity index is 1.99. The molecule has 7 nitrogen and oxygen atoms in total. The Hall–Kier alpha value is -4.00. The van der Waals surface area contributed by atoms with Crippen LogP contribution in [0, 0.1) is 0 Å². The number of benzene rings is 3. The van der Waals surface area contributed by atoms with Crippen molar-refractivity contribution in [2.45, 2.75) is 12.8 Å². The number of carbonyl (C=O) groups excluding carboxylic acids is 2. The first kappa shape index (κ1) is 18.1.